The van der Waals surface area contributed by atoms with E-state index in [1.165, 1.54) is 22.4 Å². The zero-order valence-corrected chi connectivity index (χ0v) is 13.3. The van der Waals surface area contributed by atoms with Crippen molar-refractivity contribution in [3.05, 3.63) is 38.8 Å². The van der Waals surface area contributed by atoms with Crippen molar-refractivity contribution in [3.63, 3.8) is 0 Å². The van der Waals surface area contributed by atoms with Gasteiger partial charge in [-0.15, -0.1) is 0 Å². The molecule has 0 aliphatic rings. The maximum Gasteiger partial charge on any atom is 0.0644 e. The summed E-state index contributed by atoms with van der Waals surface area (Å²) in [6.07, 6.45) is 0. The van der Waals surface area contributed by atoms with Gasteiger partial charge in [0, 0.05) is 30.4 Å². The highest BCUT2D eigenvalue weighted by Crippen LogP contribution is 2.22. The van der Waals surface area contributed by atoms with Crippen molar-refractivity contribution in [2.24, 2.45) is 0 Å². The lowest BCUT2D eigenvalue weighted by atomic mass is 10.1. The molecule has 0 saturated heterocycles. The Morgan fingerprint density at radius 1 is 1.32 bits per heavy atom. The first kappa shape index (κ1) is 14.3. The minimum Gasteiger partial charge on any atom is -0.306 e. The van der Waals surface area contributed by atoms with Crippen molar-refractivity contribution < 1.29 is 0 Å². The topological polar surface area (TPSA) is 29.9 Å². The normalized spacial score (nSPS) is 12.9. The van der Waals surface area contributed by atoms with E-state index >= 15 is 0 Å². The van der Waals surface area contributed by atoms with E-state index < -0.39 is 0 Å². The van der Waals surface area contributed by atoms with Crippen LogP contribution in [0.15, 0.2) is 10.8 Å². The Balaban J connectivity index is 2.10. The van der Waals surface area contributed by atoms with Crippen LogP contribution < -0.4 is 5.32 Å². The van der Waals surface area contributed by atoms with Gasteiger partial charge in [0.1, 0.15) is 0 Å². The lowest BCUT2D eigenvalue weighted by Crippen LogP contribution is -2.19. The Kier molecular flexibility index (Phi) is 4.42. The van der Waals surface area contributed by atoms with Crippen LogP contribution in [0.3, 0.4) is 0 Å². The molecule has 0 spiro atoms. The van der Waals surface area contributed by atoms with Crippen LogP contribution in [0.5, 0.6) is 0 Å². The molecular weight excluding hydrogens is 254 g/mol. The van der Waals surface area contributed by atoms with Crippen molar-refractivity contribution in [2.45, 2.75) is 53.8 Å². The van der Waals surface area contributed by atoms with Crippen LogP contribution in [0.4, 0.5) is 0 Å². The molecule has 0 amide bonds. The van der Waals surface area contributed by atoms with E-state index in [4.69, 9.17) is 0 Å². The maximum absolute atomic E-state index is 4.59. The van der Waals surface area contributed by atoms with Gasteiger partial charge in [0.25, 0.3) is 0 Å². The minimum atomic E-state index is 0.333. The highest BCUT2D eigenvalue weighted by atomic mass is 32.1. The first-order chi connectivity index (χ1) is 9.04. The van der Waals surface area contributed by atoms with E-state index in [2.05, 4.69) is 60.5 Å². The molecule has 3 nitrogen and oxygen atoms in total. The van der Waals surface area contributed by atoms with Crippen molar-refractivity contribution >= 4 is 11.3 Å². The number of hydrogen-bond acceptors (Lipinski definition) is 3. The standard InChI is InChI=1S/C15H23N3S/c1-6-18-13(5)15(12(4)17-18)11(3)16-7-14-9-19-8-10(14)2/h8-9,11,16H,6-7H2,1-5H3. The second kappa shape index (κ2) is 5.88. The molecule has 2 rings (SSSR count). The molecule has 104 valence electrons. The van der Waals surface area contributed by atoms with Gasteiger partial charge >= 0.3 is 0 Å². The van der Waals surface area contributed by atoms with Gasteiger partial charge in [-0.25, -0.2) is 0 Å². The van der Waals surface area contributed by atoms with Crippen molar-refractivity contribution in [1.29, 1.82) is 0 Å². The summed E-state index contributed by atoms with van der Waals surface area (Å²) in [5.74, 6) is 0. The number of rotatable bonds is 5. The van der Waals surface area contributed by atoms with Crippen molar-refractivity contribution in [3.8, 4) is 0 Å². The summed E-state index contributed by atoms with van der Waals surface area (Å²) in [6.45, 7) is 12.6. The van der Waals surface area contributed by atoms with Crippen LogP contribution in [0.25, 0.3) is 0 Å². The fraction of sp³-hybridized carbons (Fsp3) is 0.533. The minimum absolute atomic E-state index is 0.333. The number of nitrogens with one attached hydrogen (secondary N) is 1. The Labute approximate surface area is 119 Å². The molecule has 4 heteroatoms. The highest BCUT2D eigenvalue weighted by Gasteiger charge is 2.16. The molecule has 1 N–H and O–H groups in total. The molecule has 19 heavy (non-hydrogen) atoms. The zero-order valence-electron chi connectivity index (χ0n) is 12.4. The monoisotopic (exact) mass is 277 g/mol. The van der Waals surface area contributed by atoms with Gasteiger partial charge in [0.2, 0.25) is 0 Å². The summed E-state index contributed by atoms with van der Waals surface area (Å²) in [4.78, 5) is 0. The number of thiophene rings is 1. The van der Waals surface area contributed by atoms with E-state index in [1.54, 1.807) is 11.3 Å². The van der Waals surface area contributed by atoms with Gasteiger partial charge in [0.05, 0.1) is 5.69 Å². The highest BCUT2D eigenvalue weighted by molar-refractivity contribution is 7.08. The lowest BCUT2D eigenvalue weighted by molar-refractivity contribution is 0.566. The van der Waals surface area contributed by atoms with Crippen LogP contribution >= 0.6 is 11.3 Å². The summed E-state index contributed by atoms with van der Waals surface area (Å²) >= 11 is 1.77. The van der Waals surface area contributed by atoms with Gasteiger partial charge in [-0.05, 0) is 56.5 Å². The molecule has 2 aromatic heterocycles. The smallest absolute Gasteiger partial charge is 0.0644 e. The van der Waals surface area contributed by atoms with Crippen LogP contribution in [-0.2, 0) is 13.1 Å². The Morgan fingerprint density at radius 2 is 2.05 bits per heavy atom. The molecule has 2 aromatic rings. The molecule has 0 aliphatic heterocycles. The van der Waals surface area contributed by atoms with Gasteiger partial charge < -0.3 is 5.32 Å². The first-order valence-electron chi connectivity index (χ1n) is 6.83. The number of nitrogens with zero attached hydrogens (tertiary/aromatic N) is 2. The fourth-order valence-electron chi connectivity index (χ4n) is 2.58. The second-order valence-corrected chi connectivity index (χ2v) is 5.83. The van der Waals surface area contributed by atoms with Crippen LogP contribution in [-0.4, -0.2) is 9.78 Å². The maximum atomic E-state index is 4.59. The molecule has 0 fully saturated rings. The van der Waals surface area contributed by atoms with E-state index in [-0.39, 0.29) is 0 Å². The Bertz CT molecular complexity index is 554. The largest absolute Gasteiger partial charge is 0.306 e. The molecule has 0 saturated carbocycles. The Hall–Kier alpha value is -1.13. The predicted octanol–water partition coefficient (Wildman–Crippen LogP) is 3.74. The molecule has 1 unspecified atom stereocenters. The van der Waals surface area contributed by atoms with Crippen molar-refractivity contribution in [2.75, 3.05) is 0 Å². The third kappa shape index (κ3) is 2.90. The molecule has 0 aliphatic carbocycles. The number of aryl methyl sites for hydroxylation is 3. The second-order valence-electron chi connectivity index (χ2n) is 5.08. The SMILES string of the molecule is CCn1nc(C)c(C(C)NCc2cscc2C)c1C. The van der Waals surface area contributed by atoms with Gasteiger partial charge in [-0.3, -0.25) is 4.68 Å². The summed E-state index contributed by atoms with van der Waals surface area (Å²) in [5.41, 5.74) is 6.54. The van der Waals surface area contributed by atoms with Crippen LogP contribution in [0, 0.1) is 20.8 Å². The summed E-state index contributed by atoms with van der Waals surface area (Å²) < 4.78 is 2.08. The summed E-state index contributed by atoms with van der Waals surface area (Å²) in [5, 5.41) is 12.6. The van der Waals surface area contributed by atoms with E-state index in [0.717, 1.165) is 18.8 Å². The quantitative estimate of drug-likeness (QED) is 0.902. The zero-order chi connectivity index (χ0) is 14.0. The number of aromatic nitrogens is 2. The van der Waals surface area contributed by atoms with Crippen LogP contribution in [0.1, 0.15) is 48.0 Å². The van der Waals surface area contributed by atoms with Gasteiger partial charge in [0.15, 0.2) is 0 Å². The van der Waals surface area contributed by atoms with Gasteiger partial charge in [-0.2, -0.15) is 16.4 Å². The third-order valence-corrected chi connectivity index (χ3v) is 4.64. The average Bonchev–Trinajstić information content (AvgIpc) is 2.90. The molecule has 0 aromatic carbocycles. The molecule has 0 bridgehead atoms. The third-order valence-electron chi connectivity index (χ3n) is 3.73. The summed E-state index contributed by atoms with van der Waals surface area (Å²) in [7, 11) is 0. The van der Waals surface area contributed by atoms with E-state index in [1.807, 2.05) is 0 Å². The fourth-order valence-corrected chi connectivity index (χ4v) is 3.44. The van der Waals surface area contributed by atoms with E-state index in [0.29, 0.717) is 6.04 Å². The molecule has 2 heterocycles. The van der Waals surface area contributed by atoms with Gasteiger partial charge in [-0.1, -0.05) is 0 Å². The summed E-state index contributed by atoms with van der Waals surface area (Å²) in [6, 6.07) is 0.333. The first-order valence-corrected chi connectivity index (χ1v) is 7.77. The molecule has 1 atom stereocenters. The average molecular weight is 277 g/mol. The lowest BCUT2D eigenvalue weighted by Gasteiger charge is -2.15. The molecule has 0 radical (unpaired) electrons. The predicted molar refractivity (Wildman–Crippen MR) is 81.7 cm³/mol. The van der Waals surface area contributed by atoms with Crippen molar-refractivity contribution in [1.82, 2.24) is 15.1 Å². The van der Waals surface area contributed by atoms with E-state index in [9.17, 15) is 0 Å². The Morgan fingerprint density at radius 3 is 2.58 bits per heavy atom. The molecular formula is C15H23N3S. The van der Waals surface area contributed by atoms with Crippen LogP contribution in [0.2, 0.25) is 0 Å². The number of hydrogen-bond donors (Lipinski definition) is 1.